The van der Waals surface area contributed by atoms with E-state index < -0.39 is 15.8 Å². The molecule has 2 aliphatic rings. The highest BCUT2D eigenvalue weighted by atomic mass is 32.2. The van der Waals surface area contributed by atoms with Crippen LogP contribution in [-0.2, 0) is 14.8 Å². The van der Waals surface area contributed by atoms with Crippen molar-refractivity contribution in [1.82, 2.24) is 9.62 Å². The predicted octanol–water partition coefficient (Wildman–Crippen LogP) is 1.46. The van der Waals surface area contributed by atoms with Crippen molar-refractivity contribution in [3.8, 4) is 0 Å². The lowest BCUT2D eigenvalue weighted by Gasteiger charge is -2.38. The molecule has 1 atom stereocenters. The van der Waals surface area contributed by atoms with Crippen molar-refractivity contribution in [2.24, 2.45) is 11.3 Å². The minimum absolute atomic E-state index is 0.0195. The van der Waals surface area contributed by atoms with Gasteiger partial charge in [-0.15, -0.1) is 0 Å². The summed E-state index contributed by atoms with van der Waals surface area (Å²) in [5.74, 6) is -0.234. The largest absolute Gasteiger partial charge is 0.384 e. The molecular formula is C16H23FN2O3S. The number of ether oxygens (including phenoxy) is 1. The highest BCUT2D eigenvalue weighted by Crippen LogP contribution is 2.45. The van der Waals surface area contributed by atoms with Gasteiger partial charge in [0.15, 0.2) is 0 Å². The summed E-state index contributed by atoms with van der Waals surface area (Å²) in [6, 6.07) is 5.05. The SMILES string of the molecule is COCC1CN(S(=O)(=O)c2ccc(F)cc2)CC12CCNCC2. The Labute approximate surface area is 136 Å². The van der Waals surface area contributed by atoms with E-state index >= 15 is 0 Å². The molecule has 0 saturated carbocycles. The number of benzene rings is 1. The van der Waals surface area contributed by atoms with Gasteiger partial charge >= 0.3 is 0 Å². The van der Waals surface area contributed by atoms with Gasteiger partial charge in [0, 0.05) is 26.1 Å². The van der Waals surface area contributed by atoms with Crippen molar-refractivity contribution in [3.63, 3.8) is 0 Å². The maximum absolute atomic E-state index is 13.1. The van der Waals surface area contributed by atoms with Crippen LogP contribution in [0.5, 0.6) is 0 Å². The number of piperidine rings is 1. The molecule has 0 bridgehead atoms. The van der Waals surface area contributed by atoms with Crippen LogP contribution in [0.1, 0.15) is 12.8 Å². The summed E-state index contributed by atoms with van der Waals surface area (Å²) in [7, 11) is -1.93. The maximum atomic E-state index is 13.1. The fourth-order valence-corrected chi connectivity index (χ4v) is 5.43. The highest BCUT2D eigenvalue weighted by Gasteiger charge is 2.50. The maximum Gasteiger partial charge on any atom is 0.243 e. The molecule has 0 amide bonds. The van der Waals surface area contributed by atoms with Crippen LogP contribution >= 0.6 is 0 Å². The summed E-state index contributed by atoms with van der Waals surface area (Å²) in [6.07, 6.45) is 1.91. The topological polar surface area (TPSA) is 58.6 Å². The number of hydrogen-bond acceptors (Lipinski definition) is 4. The Hall–Kier alpha value is -1.02. The van der Waals surface area contributed by atoms with Gasteiger partial charge in [0.2, 0.25) is 10.0 Å². The number of hydrogen-bond donors (Lipinski definition) is 1. The number of halogens is 1. The van der Waals surface area contributed by atoms with Crippen LogP contribution in [-0.4, -0.2) is 52.6 Å². The summed E-state index contributed by atoms with van der Waals surface area (Å²) >= 11 is 0. The first-order chi connectivity index (χ1) is 11.0. The van der Waals surface area contributed by atoms with E-state index in [-0.39, 0.29) is 16.2 Å². The number of methoxy groups -OCH3 is 1. The molecule has 128 valence electrons. The minimum atomic E-state index is -3.59. The Morgan fingerprint density at radius 2 is 1.96 bits per heavy atom. The van der Waals surface area contributed by atoms with E-state index in [1.165, 1.54) is 24.3 Å². The molecular weight excluding hydrogens is 319 g/mol. The zero-order valence-electron chi connectivity index (χ0n) is 13.3. The standard InChI is InChI=1S/C16H23FN2O3S/c1-22-11-13-10-19(12-16(13)6-8-18-9-7-16)23(20,21)15-4-2-14(17)3-5-15/h2-5,13,18H,6-12H2,1H3. The first-order valence-electron chi connectivity index (χ1n) is 7.93. The van der Waals surface area contributed by atoms with Gasteiger partial charge < -0.3 is 10.1 Å². The lowest BCUT2D eigenvalue weighted by atomic mass is 9.71. The molecule has 1 aromatic carbocycles. The second-order valence-corrected chi connectivity index (χ2v) is 8.45. The Kier molecular flexibility index (Phi) is 4.73. The van der Waals surface area contributed by atoms with Crippen LogP contribution in [0.4, 0.5) is 4.39 Å². The van der Waals surface area contributed by atoms with Gasteiger partial charge in [-0.05, 0) is 55.6 Å². The van der Waals surface area contributed by atoms with Crippen molar-refractivity contribution < 1.29 is 17.5 Å². The molecule has 2 fully saturated rings. The number of nitrogens with one attached hydrogen (secondary N) is 1. The molecule has 1 aromatic rings. The fourth-order valence-electron chi connectivity index (χ4n) is 3.84. The first-order valence-corrected chi connectivity index (χ1v) is 9.37. The molecule has 2 aliphatic heterocycles. The molecule has 5 nitrogen and oxygen atoms in total. The van der Waals surface area contributed by atoms with Gasteiger partial charge in [-0.3, -0.25) is 0 Å². The number of nitrogens with zero attached hydrogens (tertiary/aromatic N) is 1. The van der Waals surface area contributed by atoms with E-state index in [1.807, 2.05) is 0 Å². The third-order valence-electron chi connectivity index (χ3n) is 5.20. The average Bonchev–Trinajstić information content (AvgIpc) is 2.88. The predicted molar refractivity (Wildman–Crippen MR) is 85.1 cm³/mol. The van der Waals surface area contributed by atoms with E-state index in [9.17, 15) is 12.8 Å². The van der Waals surface area contributed by atoms with Gasteiger partial charge in [-0.1, -0.05) is 0 Å². The molecule has 1 spiro atoms. The molecule has 2 saturated heterocycles. The van der Waals surface area contributed by atoms with Crippen LogP contribution in [0.3, 0.4) is 0 Å². The molecule has 3 rings (SSSR count). The van der Waals surface area contributed by atoms with E-state index in [2.05, 4.69) is 5.32 Å². The lowest BCUT2D eigenvalue weighted by molar-refractivity contribution is 0.0718. The van der Waals surface area contributed by atoms with Crippen LogP contribution in [0.25, 0.3) is 0 Å². The van der Waals surface area contributed by atoms with Crippen molar-refractivity contribution in [2.75, 3.05) is 39.9 Å². The Balaban J connectivity index is 1.87. The normalized spacial score (nSPS) is 25.0. The molecule has 0 aliphatic carbocycles. The van der Waals surface area contributed by atoms with Crippen molar-refractivity contribution >= 4 is 10.0 Å². The van der Waals surface area contributed by atoms with E-state index in [4.69, 9.17) is 4.74 Å². The van der Waals surface area contributed by atoms with Gasteiger partial charge in [0.25, 0.3) is 0 Å². The summed E-state index contributed by atoms with van der Waals surface area (Å²) in [6.45, 7) is 3.36. The van der Waals surface area contributed by atoms with Crippen molar-refractivity contribution in [2.45, 2.75) is 17.7 Å². The lowest BCUT2D eigenvalue weighted by Crippen LogP contribution is -2.43. The second-order valence-electron chi connectivity index (χ2n) is 6.52. The quantitative estimate of drug-likeness (QED) is 0.900. The van der Waals surface area contributed by atoms with Crippen LogP contribution in [0, 0.1) is 17.2 Å². The Morgan fingerprint density at radius 1 is 1.30 bits per heavy atom. The zero-order valence-corrected chi connectivity index (χ0v) is 14.1. The molecule has 0 radical (unpaired) electrons. The van der Waals surface area contributed by atoms with Crippen molar-refractivity contribution in [3.05, 3.63) is 30.1 Å². The van der Waals surface area contributed by atoms with E-state index in [0.29, 0.717) is 19.7 Å². The van der Waals surface area contributed by atoms with Gasteiger partial charge in [0.05, 0.1) is 11.5 Å². The van der Waals surface area contributed by atoms with Crippen molar-refractivity contribution in [1.29, 1.82) is 0 Å². The number of rotatable bonds is 4. The van der Waals surface area contributed by atoms with Gasteiger partial charge in [-0.25, -0.2) is 12.8 Å². The molecule has 0 aromatic heterocycles. The average molecular weight is 342 g/mol. The third kappa shape index (κ3) is 3.15. The Bertz CT molecular complexity index is 642. The van der Waals surface area contributed by atoms with E-state index in [1.54, 1.807) is 11.4 Å². The van der Waals surface area contributed by atoms with Crippen LogP contribution in [0.15, 0.2) is 29.2 Å². The van der Waals surface area contributed by atoms with E-state index in [0.717, 1.165) is 25.9 Å². The zero-order chi connectivity index (χ0) is 16.5. The second kappa shape index (κ2) is 6.47. The summed E-state index contributed by atoms with van der Waals surface area (Å²) in [5, 5.41) is 3.34. The molecule has 7 heteroatoms. The summed E-state index contributed by atoms with van der Waals surface area (Å²) < 4.78 is 45.7. The summed E-state index contributed by atoms with van der Waals surface area (Å²) in [4.78, 5) is 0.154. The smallest absolute Gasteiger partial charge is 0.243 e. The van der Waals surface area contributed by atoms with Crippen LogP contribution < -0.4 is 5.32 Å². The molecule has 2 heterocycles. The monoisotopic (exact) mass is 342 g/mol. The first kappa shape index (κ1) is 16.8. The number of sulfonamides is 1. The summed E-state index contributed by atoms with van der Waals surface area (Å²) in [5.41, 5.74) is -0.0195. The molecule has 23 heavy (non-hydrogen) atoms. The minimum Gasteiger partial charge on any atom is -0.384 e. The fraction of sp³-hybridized carbons (Fsp3) is 0.625. The molecule has 1 N–H and O–H groups in total. The van der Waals surface area contributed by atoms with Gasteiger partial charge in [0.1, 0.15) is 5.82 Å². The van der Waals surface area contributed by atoms with Gasteiger partial charge in [-0.2, -0.15) is 4.31 Å². The van der Waals surface area contributed by atoms with Crippen LogP contribution in [0.2, 0.25) is 0 Å². The highest BCUT2D eigenvalue weighted by molar-refractivity contribution is 7.89. The molecule has 1 unspecified atom stereocenters. The Morgan fingerprint density at radius 3 is 2.57 bits per heavy atom. The third-order valence-corrected chi connectivity index (χ3v) is 7.03.